The maximum atomic E-state index is 12.2. The number of piperazine rings is 1. The third-order valence-electron chi connectivity index (χ3n) is 4.23. The molecule has 0 spiro atoms. The second-order valence-electron chi connectivity index (χ2n) is 7.30. The SMILES string of the molecule is Cn1nnc2c(N3CCN(C(=O)OC(C)(C)C)CC3)ccc(C(=O)O)c21. The molecule has 26 heavy (non-hydrogen) atoms. The van der Waals surface area contributed by atoms with Gasteiger partial charge in [-0.15, -0.1) is 5.10 Å². The first-order chi connectivity index (χ1) is 12.2. The van der Waals surface area contributed by atoms with Crippen molar-refractivity contribution in [3.63, 3.8) is 0 Å². The topological polar surface area (TPSA) is 101 Å². The highest BCUT2D eigenvalue weighted by molar-refractivity contribution is 6.04. The van der Waals surface area contributed by atoms with E-state index in [0.717, 1.165) is 5.69 Å². The minimum Gasteiger partial charge on any atom is -0.478 e. The molecule has 3 rings (SSSR count). The Morgan fingerprint density at radius 1 is 1.15 bits per heavy atom. The van der Waals surface area contributed by atoms with Crippen molar-refractivity contribution in [3.05, 3.63) is 17.7 Å². The number of hydrogen-bond donors (Lipinski definition) is 1. The number of carboxylic acid groups (broad SMARTS) is 1. The van der Waals surface area contributed by atoms with Crippen molar-refractivity contribution in [2.24, 2.45) is 7.05 Å². The number of hydrogen-bond acceptors (Lipinski definition) is 6. The van der Waals surface area contributed by atoms with E-state index in [-0.39, 0.29) is 11.7 Å². The summed E-state index contributed by atoms with van der Waals surface area (Å²) in [5.74, 6) is -1.01. The van der Waals surface area contributed by atoms with E-state index in [1.807, 2.05) is 20.8 Å². The van der Waals surface area contributed by atoms with Crippen molar-refractivity contribution in [2.75, 3.05) is 31.1 Å². The fourth-order valence-electron chi connectivity index (χ4n) is 3.04. The van der Waals surface area contributed by atoms with E-state index < -0.39 is 11.6 Å². The second-order valence-corrected chi connectivity index (χ2v) is 7.30. The molecule has 1 aromatic heterocycles. The van der Waals surface area contributed by atoms with Crippen LogP contribution in [0.1, 0.15) is 31.1 Å². The molecule has 0 aliphatic carbocycles. The number of rotatable bonds is 2. The van der Waals surface area contributed by atoms with E-state index in [1.54, 1.807) is 24.1 Å². The first kappa shape index (κ1) is 18.0. The average molecular weight is 361 g/mol. The second kappa shape index (κ2) is 6.47. The molecule has 2 aromatic rings. The van der Waals surface area contributed by atoms with E-state index in [1.165, 1.54) is 4.68 Å². The van der Waals surface area contributed by atoms with Crippen LogP contribution in [0.4, 0.5) is 10.5 Å². The van der Waals surface area contributed by atoms with Crippen LogP contribution in [0.25, 0.3) is 11.0 Å². The van der Waals surface area contributed by atoms with Gasteiger partial charge in [0.2, 0.25) is 0 Å². The van der Waals surface area contributed by atoms with Crippen molar-refractivity contribution in [1.82, 2.24) is 19.9 Å². The Labute approximate surface area is 151 Å². The third kappa shape index (κ3) is 3.42. The molecule has 1 saturated heterocycles. The number of aromatic nitrogens is 3. The number of carbonyl (C=O) groups is 2. The summed E-state index contributed by atoms with van der Waals surface area (Å²) < 4.78 is 6.88. The van der Waals surface area contributed by atoms with Crippen LogP contribution in [0.5, 0.6) is 0 Å². The lowest BCUT2D eigenvalue weighted by Gasteiger charge is -2.36. The summed E-state index contributed by atoms with van der Waals surface area (Å²) in [5.41, 5.74) is 1.51. The number of nitrogens with zero attached hydrogens (tertiary/aromatic N) is 5. The molecule has 0 atom stereocenters. The first-order valence-electron chi connectivity index (χ1n) is 8.46. The van der Waals surface area contributed by atoms with Crippen LogP contribution < -0.4 is 4.90 Å². The van der Waals surface area contributed by atoms with Crippen molar-refractivity contribution >= 4 is 28.8 Å². The van der Waals surface area contributed by atoms with Gasteiger partial charge < -0.3 is 19.6 Å². The smallest absolute Gasteiger partial charge is 0.410 e. The fourth-order valence-corrected chi connectivity index (χ4v) is 3.04. The molecule has 140 valence electrons. The lowest BCUT2D eigenvalue weighted by molar-refractivity contribution is 0.0240. The minimum absolute atomic E-state index is 0.170. The standard InChI is InChI=1S/C17H23N5O4/c1-17(2,3)26-16(25)22-9-7-21(8-10-22)12-6-5-11(15(23)24)14-13(12)18-19-20(14)4/h5-6H,7-10H2,1-4H3,(H,23,24). The van der Waals surface area contributed by atoms with E-state index in [4.69, 9.17) is 4.74 Å². The molecule has 9 heteroatoms. The minimum atomic E-state index is -1.01. The van der Waals surface area contributed by atoms with Crippen LogP contribution in [0.2, 0.25) is 0 Å². The number of carboxylic acids is 1. The normalized spacial score (nSPS) is 15.4. The summed E-state index contributed by atoms with van der Waals surface area (Å²) in [6, 6.07) is 3.33. The van der Waals surface area contributed by atoms with Gasteiger partial charge >= 0.3 is 12.1 Å². The van der Waals surface area contributed by atoms with Crippen molar-refractivity contribution < 1.29 is 19.4 Å². The maximum absolute atomic E-state index is 12.2. The zero-order valence-corrected chi connectivity index (χ0v) is 15.4. The number of aromatic carboxylic acids is 1. The molecule has 1 N–H and O–H groups in total. The zero-order chi connectivity index (χ0) is 19.1. The third-order valence-corrected chi connectivity index (χ3v) is 4.23. The van der Waals surface area contributed by atoms with Gasteiger partial charge in [-0.25, -0.2) is 14.3 Å². The number of fused-ring (bicyclic) bond motifs is 1. The lowest BCUT2D eigenvalue weighted by atomic mass is 10.1. The van der Waals surface area contributed by atoms with Gasteiger partial charge in [-0.05, 0) is 32.9 Å². The summed E-state index contributed by atoms with van der Waals surface area (Å²) in [5, 5.41) is 17.5. The number of benzene rings is 1. The van der Waals surface area contributed by atoms with Gasteiger partial charge in [0, 0.05) is 33.2 Å². The molecule has 1 amide bonds. The van der Waals surface area contributed by atoms with Gasteiger partial charge in [-0.2, -0.15) is 0 Å². The quantitative estimate of drug-likeness (QED) is 0.869. The average Bonchev–Trinajstić information content (AvgIpc) is 2.95. The van der Waals surface area contributed by atoms with Crippen LogP contribution in [0.3, 0.4) is 0 Å². The number of ether oxygens (including phenoxy) is 1. The summed E-state index contributed by atoms with van der Waals surface area (Å²) in [6.45, 7) is 7.80. The van der Waals surface area contributed by atoms with Crippen LogP contribution in [0.15, 0.2) is 12.1 Å². The van der Waals surface area contributed by atoms with Crippen LogP contribution >= 0.6 is 0 Å². The van der Waals surface area contributed by atoms with Gasteiger partial charge in [0.15, 0.2) is 0 Å². The van der Waals surface area contributed by atoms with Crippen LogP contribution in [-0.2, 0) is 11.8 Å². The van der Waals surface area contributed by atoms with Gasteiger partial charge in [0.1, 0.15) is 16.6 Å². The summed E-state index contributed by atoms with van der Waals surface area (Å²) in [7, 11) is 1.67. The monoisotopic (exact) mass is 361 g/mol. The van der Waals surface area contributed by atoms with Crippen molar-refractivity contribution in [1.29, 1.82) is 0 Å². The Kier molecular flexibility index (Phi) is 4.47. The van der Waals surface area contributed by atoms with Crippen LogP contribution in [-0.4, -0.2) is 68.8 Å². The molecule has 1 fully saturated rings. The molecule has 1 aromatic carbocycles. The highest BCUT2D eigenvalue weighted by atomic mass is 16.6. The van der Waals surface area contributed by atoms with E-state index in [9.17, 15) is 14.7 Å². The van der Waals surface area contributed by atoms with Crippen molar-refractivity contribution in [3.8, 4) is 0 Å². The van der Waals surface area contributed by atoms with E-state index in [2.05, 4.69) is 15.2 Å². The summed E-state index contributed by atoms with van der Waals surface area (Å²) >= 11 is 0. The molecule has 2 heterocycles. The Balaban J connectivity index is 1.79. The number of amides is 1. The number of aryl methyl sites for hydroxylation is 1. The lowest BCUT2D eigenvalue weighted by Crippen LogP contribution is -2.50. The predicted octanol–water partition coefficient (Wildman–Crippen LogP) is 1.72. The van der Waals surface area contributed by atoms with Gasteiger partial charge in [0.05, 0.1) is 11.3 Å². The Bertz CT molecular complexity index is 847. The largest absolute Gasteiger partial charge is 0.478 e. The van der Waals surface area contributed by atoms with E-state index >= 15 is 0 Å². The van der Waals surface area contributed by atoms with Gasteiger partial charge in [-0.1, -0.05) is 5.21 Å². The molecule has 1 aliphatic rings. The Morgan fingerprint density at radius 3 is 2.38 bits per heavy atom. The first-order valence-corrected chi connectivity index (χ1v) is 8.46. The predicted molar refractivity (Wildman–Crippen MR) is 95.5 cm³/mol. The van der Waals surface area contributed by atoms with Gasteiger partial charge in [-0.3, -0.25) is 0 Å². The summed E-state index contributed by atoms with van der Waals surface area (Å²) in [6.07, 6.45) is -0.317. The van der Waals surface area contributed by atoms with E-state index in [0.29, 0.717) is 37.2 Å². The molecule has 1 aliphatic heterocycles. The highest BCUT2D eigenvalue weighted by Gasteiger charge is 2.27. The zero-order valence-electron chi connectivity index (χ0n) is 15.4. The number of carbonyl (C=O) groups excluding carboxylic acids is 1. The summed E-state index contributed by atoms with van der Waals surface area (Å²) in [4.78, 5) is 27.4. The molecule has 0 bridgehead atoms. The Morgan fingerprint density at radius 2 is 1.81 bits per heavy atom. The maximum Gasteiger partial charge on any atom is 0.410 e. The highest BCUT2D eigenvalue weighted by Crippen LogP contribution is 2.28. The molecular weight excluding hydrogens is 338 g/mol. The fraction of sp³-hybridized carbons (Fsp3) is 0.529. The van der Waals surface area contributed by atoms with Crippen LogP contribution in [0, 0.1) is 0 Å². The molecular formula is C17H23N5O4. The molecule has 0 saturated carbocycles. The number of anilines is 1. The molecule has 9 nitrogen and oxygen atoms in total. The molecule has 0 radical (unpaired) electrons. The molecule has 0 unspecified atom stereocenters. The van der Waals surface area contributed by atoms with Crippen molar-refractivity contribution in [2.45, 2.75) is 26.4 Å². The van der Waals surface area contributed by atoms with Gasteiger partial charge in [0.25, 0.3) is 0 Å². The Hall–Kier alpha value is -2.84.